The number of hydrogen-bond acceptors (Lipinski definition) is 2. The van der Waals surface area contributed by atoms with Gasteiger partial charge in [0.25, 0.3) is 0 Å². The van der Waals surface area contributed by atoms with Crippen molar-refractivity contribution in [2.45, 2.75) is 12.8 Å². The summed E-state index contributed by atoms with van der Waals surface area (Å²) >= 11 is 0. The predicted octanol–water partition coefficient (Wildman–Crippen LogP) is 8.91. The van der Waals surface area contributed by atoms with E-state index in [1.54, 1.807) is 0 Å². The smallest absolute Gasteiger partial charge is 0.0166 e. The Labute approximate surface area is 244 Å². The molecule has 0 spiro atoms. The van der Waals surface area contributed by atoms with Gasteiger partial charge in [0.1, 0.15) is 0 Å². The summed E-state index contributed by atoms with van der Waals surface area (Å²) in [6.45, 7) is 2.23. The van der Waals surface area contributed by atoms with Crippen LogP contribution in [-0.2, 0) is 20.1 Å². The van der Waals surface area contributed by atoms with E-state index >= 15 is 0 Å². The molecule has 3 heteroatoms. The molecule has 0 aliphatic rings. The molecule has 6 aromatic rings. The summed E-state index contributed by atoms with van der Waals surface area (Å²) in [7, 11) is 0. The zero-order valence-corrected chi connectivity index (χ0v) is 24.1. The van der Waals surface area contributed by atoms with Crippen LogP contribution in [0.1, 0.15) is 24.0 Å². The van der Waals surface area contributed by atoms with Crippen molar-refractivity contribution >= 4 is 0 Å². The summed E-state index contributed by atoms with van der Waals surface area (Å²) in [6, 6.07) is 51.5. The minimum Gasteiger partial charge on any atom is -0.305 e. The Balaban J connectivity index is 0.000000177. The second-order valence-electron chi connectivity index (χ2n) is 8.96. The SMILES string of the molecule is CC(c1ccccc1)c1ccnc(-c2[c-]cccc2)c1.[Ir].[c-]1ccccc1-c1cc(-c2ccccc2)ccn1. The Kier molecular flexibility index (Phi) is 10.1. The topological polar surface area (TPSA) is 25.8 Å². The number of nitrogens with zero attached hydrogens (tertiary/aromatic N) is 2. The Morgan fingerprint density at radius 1 is 0.513 bits per heavy atom. The van der Waals surface area contributed by atoms with Gasteiger partial charge >= 0.3 is 0 Å². The van der Waals surface area contributed by atoms with Crippen LogP contribution in [0.3, 0.4) is 0 Å². The van der Waals surface area contributed by atoms with Gasteiger partial charge in [-0.05, 0) is 45.8 Å². The molecule has 0 bridgehead atoms. The Hall–Kier alpha value is -4.17. The molecule has 4 aromatic carbocycles. The predicted molar refractivity (Wildman–Crippen MR) is 156 cm³/mol. The maximum absolute atomic E-state index is 4.45. The van der Waals surface area contributed by atoms with Gasteiger partial charge in [-0.2, -0.15) is 0 Å². The second-order valence-corrected chi connectivity index (χ2v) is 8.96. The van der Waals surface area contributed by atoms with E-state index in [0.29, 0.717) is 5.92 Å². The average Bonchev–Trinajstić information content (AvgIpc) is 3.03. The normalized spacial score (nSPS) is 10.9. The van der Waals surface area contributed by atoms with E-state index in [1.165, 1.54) is 22.3 Å². The van der Waals surface area contributed by atoms with Crippen molar-refractivity contribution in [2.24, 2.45) is 0 Å². The van der Waals surface area contributed by atoms with Gasteiger partial charge in [0, 0.05) is 38.4 Å². The number of aromatic nitrogens is 2. The van der Waals surface area contributed by atoms with Crippen LogP contribution in [-0.4, -0.2) is 9.97 Å². The third-order valence-corrected chi connectivity index (χ3v) is 6.42. The van der Waals surface area contributed by atoms with Gasteiger partial charge in [-0.1, -0.05) is 79.7 Å². The molecule has 39 heavy (non-hydrogen) atoms. The van der Waals surface area contributed by atoms with E-state index in [0.717, 1.165) is 22.5 Å². The first-order valence-electron chi connectivity index (χ1n) is 12.7. The van der Waals surface area contributed by atoms with Crippen LogP contribution in [0.25, 0.3) is 33.6 Å². The summed E-state index contributed by atoms with van der Waals surface area (Å²) < 4.78 is 0. The molecular weight excluding hydrogens is 653 g/mol. The summed E-state index contributed by atoms with van der Waals surface area (Å²) in [4.78, 5) is 8.86. The van der Waals surface area contributed by atoms with E-state index in [-0.39, 0.29) is 20.1 Å². The molecule has 6 rings (SSSR count). The van der Waals surface area contributed by atoms with E-state index in [1.807, 2.05) is 91.3 Å². The molecule has 0 saturated heterocycles. The first-order valence-corrected chi connectivity index (χ1v) is 12.7. The molecule has 2 aromatic heterocycles. The largest absolute Gasteiger partial charge is 0.305 e. The minimum absolute atomic E-state index is 0. The fraction of sp³-hybridized carbons (Fsp3) is 0.0556. The molecule has 0 fully saturated rings. The van der Waals surface area contributed by atoms with Crippen LogP contribution in [0.2, 0.25) is 0 Å². The van der Waals surface area contributed by atoms with E-state index in [9.17, 15) is 0 Å². The van der Waals surface area contributed by atoms with Gasteiger partial charge in [-0.3, -0.25) is 0 Å². The molecule has 193 valence electrons. The van der Waals surface area contributed by atoms with Gasteiger partial charge in [0.2, 0.25) is 0 Å². The standard InChI is InChI=1S/C19H16N.C17H12N.Ir/c1-15(16-8-4-2-5-9-16)18-12-13-20-19(14-18)17-10-6-3-7-11-17;1-3-7-14(8-4-1)16-11-12-18-17(13-16)15-9-5-2-6-10-15;/h2-10,12-15H,1H3;1-9,11-13H;/q2*-1;. The maximum Gasteiger partial charge on any atom is 0.0166 e. The molecule has 1 atom stereocenters. The van der Waals surface area contributed by atoms with Crippen LogP contribution >= 0.6 is 0 Å². The number of hydrogen-bond donors (Lipinski definition) is 0. The van der Waals surface area contributed by atoms with Crippen molar-refractivity contribution in [3.8, 4) is 33.6 Å². The zero-order valence-electron chi connectivity index (χ0n) is 21.7. The third kappa shape index (κ3) is 7.45. The first kappa shape index (κ1) is 27.9. The first-order chi connectivity index (χ1) is 18.8. The molecule has 1 radical (unpaired) electrons. The van der Waals surface area contributed by atoms with Gasteiger partial charge in [-0.15, -0.1) is 71.8 Å². The van der Waals surface area contributed by atoms with Crippen LogP contribution < -0.4 is 0 Å². The Morgan fingerprint density at radius 2 is 1.05 bits per heavy atom. The average molecular weight is 681 g/mol. The molecule has 0 aliphatic heterocycles. The fourth-order valence-corrected chi connectivity index (χ4v) is 4.29. The minimum atomic E-state index is 0. The number of rotatable bonds is 5. The van der Waals surface area contributed by atoms with E-state index < -0.39 is 0 Å². The molecule has 2 heterocycles. The van der Waals surface area contributed by atoms with Crippen LogP contribution in [0.4, 0.5) is 0 Å². The monoisotopic (exact) mass is 681 g/mol. The second kappa shape index (κ2) is 14.1. The van der Waals surface area contributed by atoms with Crippen molar-refractivity contribution in [2.75, 3.05) is 0 Å². The molecule has 0 amide bonds. The summed E-state index contributed by atoms with van der Waals surface area (Å²) in [6.07, 6.45) is 3.73. The molecule has 0 aliphatic carbocycles. The van der Waals surface area contributed by atoms with Crippen molar-refractivity contribution in [3.63, 3.8) is 0 Å². The van der Waals surface area contributed by atoms with Crippen molar-refractivity contribution < 1.29 is 20.1 Å². The van der Waals surface area contributed by atoms with E-state index in [4.69, 9.17) is 0 Å². The Morgan fingerprint density at radius 3 is 1.64 bits per heavy atom. The molecule has 0 saturated carbocycles. The van der Waals surface area contributed by atoms with Gasteiger partial charge in [0.05, 0.1) is 0 Å². The third-order valence-electron chi connectivity index (χ3n) is 6.42. The number of benzene rings is 4. The molecular formula is C36H28IrN2-2. The van der Waals surface area contributed by atoms with Gasteiger partial charge in [0.15, 0.2) is 0 Å². The van der Waals surface area contributed by atoms with Crippen LogP contribution in [0.5, 0.6) is 0 Å². The van der Waals surface area contributed by atoms with Crippen LogP contribution in [0, 0.1) is 12.1 Å². The summed E-state index contributed by atoms with van der Waals surface area (Å²) in [5.74, 6) is 0.363. The quantitative estimate of drug-likeness (QED) is 0.170. The Bertz CT molecular complexity index is 1500. The number of pyridine rings is 2. The molecule has 2 nitrogen and oxygen atoms in total. The van der Waals surface area contributed by atoms with Crippen molar-refractivity contribution in [3.05, 3.63) is 169 Å². The van der Waals surface area contributed by atoms with Crippen LogP contribution in [0.15, 0.2) is 146 Å². The van der Waals surface area contributed by atoms with Gasteiger partial charge in [-0.25, -0.2) is 0 Å². The van der Waals surface area contributed by atoms with E-state index in [2.05, 4.69) is 83.6 Å². The maximum atomic E-state index is 4.45. The van der Waals surface area contributed by atoms with Gasteiger partial charge < -0.3 is 9.97 Å². The zero-order chi connectivity index (χ0) is 26.0. The summed E-state index contributed by atoms with van der Waals surface area (Å²) in [5.41, 5.74) is 8.97. The summed E-state index contributed by atoms with van der Waals surface area (Å²) in [5, 5.41) is 0. The fourth-order valence-electron chi connectivity index (χ4n) is 4.29. The van der Waals surface area contributed by atoms with Crippen molar-refractivity contribution in [1.29, 1.82) is 0 Å². The molecule has 0 N–H and O–H groups in total. The molecule has 1 unspecified atom stereocenters. The van der Waals surface area contributed by atoms with Crippen molar-refractivity contribution in [1.82, 2.24) is 9.97 Å².